The van der Waals surface area contributed by atoms with E-state index >= 15 is 0 Å². The van der Waals surface area contributed by atoms with Crippen molar-refractivity contribution in [3.63, 3.8) is 0 Å². The van der Waals surface area contributed by atoms with E-state index in [1.807, 2.05) is 11.3 Å². The minimum atomic E-state index is 0.371. The molecule has 2 bridgehead atoms. The average Bonchev–Trinajstić information content (AvgIpc) is 3.42. The molecule has 0 aliphatic carbocycles. The van der Waals surface area contributed by atoms with E-state index in [1.165, 1.54) is 43.6 Å². The Morgan fingerprint density at radius 2 is 2.19 bits per heavy atom. The van der Waals surface area contributed by atoms with Gasteiger partial charge in [-0.15, -0.1) is 11.3 Å². The average molecular weight is 391 g/mol. The highest BCUT2D eigenvalue weighted by atomic mass is 32.1. The Bertz CT molecular complexity index is 612. The molecule has 4 heterocycles. The first-order valence-corrected chi connectivity index (χ1v) is 11.6. The fraction of sp³-hybridized carbons (Fsp3) is 0.762. The van der Waals surface area contributed by atoms with Crippen molar-refractivity contribution < 1.29 is 4.74 Å². The SMILES string of the molecule is CCNC(=NCC(c1cccs1)N1CCC(C)CC1)NC1CC2CCC1O2. The van der Waals surface area contributed by atoms with Crippen molar-refractivity contribution >= 4 is 17.3 Å². The lowest BCUT2D eigenvalue weighted by Crippen LogP contribution is -2.47. The number of thiophene rings is 1. The van der Waals surface area contributed by atoms with Gasteiger partial charge in [-0.25, -0.2) is 0 Å². The van der Waals surface area contributed by atoms with E-state index < -0.39 is 0 Å². The zero-order valence-electron chi connectivity index (χ0n) is 16.7. The molecule has 0 saturated carbocycles. The van der Waals surface area contributed by atoms with Crippen LogP contribution in [-0.4, -0.2) is 55.3 Å². The summed E-state index contributed by atoms with van der Waals surface area (Å²) in [4.78, 5) is 9.09. The van der Waals surface area contributed by atoms with Crippen LogP contribution in [0.15, 0.2) is 22.5 Å². The fourth-order valence-corrected chi connectivity index (χ4v) is 5.52. The molecule has 3 aliphatic heterocycles. The molecule has 4 rings (SSSR count). The normalized spacial score (nSPS) is 30.6. The third-order valence-electron chi connectivity index (χ3n) is 6.33. The summed E-state index contributed by atoms with van der Waals surface area (Å²) in [7, 11) is 0. The Hall–Kier alpha value is -1.11. The number of fused-ring (bicyclic) bond motifs is 2. The summed E-state index contributed by atoms with van der Waals surface area (Å²) in [5.41, 5.74) is 0. The second kappa shape index (κ2) is 8.93. The molecule has 4 unspecified atom stereocenters. The first kappa shape index (κ1) is 19.2. The molecule has 6 heteroatoms. The lowest BCUT2D eigenvalue weighted by molar-refractivity contribution is 0.0992. The molecular formula is C21H34N4OS. The van der Waals surface area contributed by atoms with Gasteiger partial charge in [-0.2, -0.15) is 0 Å². The number of hydrogen-bond acceptors (Lipinski definition) is 4. The quantitative estimate of drug-likeness (QED) is 0.577. The maximum Gasteiger partial charge on any atom is 0.191 e. The van der Waals surface area contributed by atoms with Gasteiger partial charge in [0.2, 0.25) is 0 Å². The summed E-state index contributed by atoms with van der Waals surface area (Å²) in [5, 5.41) is 9.29. The molecule has 5 nitrogen and oxygen atoms in total. The lowest BCUT2D eigenvalue weighted by atomic mass is 9.96. The van der Waals surface area contributed by atoms with E-state index in [-0.39, 0.29) is 0 Å². The van der Waals surface area contributed by atoms with Gasteiger partial charge in [0.15, 0.2) is 5.96 Å². The highest BCUT2D eigenvalue weighted by molar-refractivity contribution is 7.10. The van der Waals surface area contributed by atoms with Gasteiger partial charge in [0.05, 0.1) is 30.8 Å². The number of nitrogens with zero attached hydrogens (tertiary/aromatic N) is 2. The Morgan fingerprint density at radius 1 is 1.33 bits per heavy atom. The Morgan fingerprint density at radius 3 is 2.81 bits per heavy atom. The summed E-state index contributed by atoms with van der Waals surface area (Å²) in [5.74, 6) is 1.80. The van der Waals surface area contributed by atoms with Crippen molar-refractivity contribution in [1.82, 2.24) is 15.5 Å². The summed E-state index contributed by atoms with van der Waals surface area (Å²) in [6, 6.07) is 5.24. The topological polar surface area (TPSA) is 48.9 Å². The van der Waals surface area contributed by atoms with Crippen LogP contribution in [0.3, 0.4) is 0 Å². The molecule has 0 amide bonds. The molecule has 1 aromatic heterocycles. The molecule has 150 valence electrons. The molecule has 0 spiro atoms. The van der Waals surface area contributed by atoms with Gasteiger partial charge in [0.1, 0.15) is 0 Å². The van der Waals surface area contributed by atoms with Crippen LogP contribution >= 0.6 is 11.3 Å². The fourth-order valence-electron chi connectivity index (χ4n) is 4.67. The maximum atomic E-state index is 6.00. The summed E-state index contributed by atoms with van der Waals surface area (Å²) in [6.45, 7) is 8.58. The minimum absolute atomic E-state index is 0.371. The standard InChI is InChI=1S/C21H34N4OS/c1-3-22-21(24-17-13-16-6-7-19(17)26-16)23-14-18(20-5-4-12-27-20)25-10-8-15(2)9-11-25/h4-5,12,15-19H,3,6-11,13-14H2,1-2H3,(H2,22,23,24). The highest BCUT2D eigenvalue weighted by Gasteiger charge is 2.41. The first-order valence-electron chi connectivity index (χ1n) is 10.7. The Labute approximate surface area is 167 Å². The summed E-state index contributed by atoms with van der Waals surface area (Å²) >= 11 is 1.86. The van der Waals surface area contributed by atoms with Crippen LogP contribution in [0.1, 0.15) is 56.9 Å². The minimum Gasteiger partial charge on any atom is -0.373 e. The van der Waals surface area contributed by atoms with Gasteiger partial charge in [-0.1, -0.05) is 13.0 Å². The van der Waals surface area contributed by atoms with Gasteiger partial charge in [0, 0.05) is 11.4 Å². The van der Waals surface area contributed by atoms with Gasteiger partial charge in [-0.3, -0.25) is 9.89 Å². The zero-order chi connectivity index (χ0) is 18.6. The van der Waals surface area contributed by atoms with Crippen LogP contribution in [-0.2, 0) is 4.74 Å². The first-order chi connectivity index (χ1) is 13.2. The molecule has 0 radical (unpaired) electrons. The molecule has 0 aromatic carbocycles. The van der Waals surface area contributed by atoms with Crippen LogP contribution in [0.25, 0.3) is 0 Å². The van der Waals surface area contributed by atoms with Crippen molar-refractivity contribution in [3.8, 4) is 0 Å². The molecule has 3 fully saturated rings. The largest absolute Gasteiger partial charge is 0.373 e. The maximum absolute atomic E-state index is 6.00. The molecule has 4 atom stereocenters. The summed E-state index contributed by atoms with van der Waals surface area (Å²) in [6.07, 6.45) is 6.96. The third-order valence-corrected chi connectivity index (χ3v) is 7.30. The van der Waals surface area contributed by atoms with Gasteiger partial charge in [0.25, 0.3) is 0 Å². The molecular weight excluding hydrogens is 356 g/mol. The van der Waals surface area contributed by atoms with E-state index in [0.29, 0.717) is 24.3 Å². The molecule has 3 aliphatic rings. The molecule has 1 aromatic rings. The van der Waals surface area contributed by atoms with E-state index in [2.05, 4.69) is 46.9 Å². The van der Waals surface area contributed by atoms with Crippen LogP contribution in [0.2, 0.25) is 0 Å². The number of likely N-dealkylation sites (tertiary alicyclic amines) is 1. The number of guanidine groups is 1. The lowest BCUT2D eigenvalue weighted by Gasteiger charge is -2.35. The number of nitrogens with one attached hydrogen (secondary N) is 2. The Balaban J connectivity index is 1.43. The molecule has 2 N–H and O–H groups in total. The predicted molar refractivity (Wildman–Crippen MR) is 112 cm³/mol. The second-order valence-corrected chi connectivity index (χ2v) is 9.31. The smallest absolute Gasteiger partial charge is 0.191 e. The van der Waals surface area contributed by atoms with Crippen LogP contribution < -0.4 is 10.6 Å². The second-order valence-electron chi connectivity index (χ2n) is 8.33. The van der Waals surface area contributed by atoms with E-state index in [1.54, 1.807) is 0 Å². The number of aliphatic imine (C=N–C) groups is 1. The number of rotatable bonds is 6. The number of piperidine rings is 1. The summed E-state index contributed by atoms with van der Waals surface area (Å²) < 4.78 is 6.00. The third kappa shape index (κ3) is 4.66. The van der Waals surface area contributed by atoms with E-state index in [0.717, 1.165) is 31.4 Å². The number of hydrogen-bond donors (Lipinski definition) is 2. The van der Waals surface area contributed by atoms with Crippen molar-refractivity contribution in [2.75, 3.05) is 26.2 Å². The van der Waals surface area contributed by atoms with Crippen LogP contribution in [0, 0.1) is 5.92 Å². The van der Waals surface area contributed by atoms with Gasteiger partial charge >= 0.3 is 0 Å². The Kier molecular flexibility index (Phi) is 6.35. The van der Waals surface area contributed by atoms with E-state index in [4.69, 9.17) is 9.73 Å². The predicted octanol–water partition coefficient (Wildman–Crippen LogP) is 3.40. The van der Waals surface area contributed by atoms with Crippen molar-refractivity contribution in [2.24, 2.45) is 10.9 Å². The zero-order valence-corrected chi connectivity index (χ0v) is 17.5. The number of ether oxygens (including phenoxy) is 1. The van der Waals surface area contributed by atoms with Crippen molar-refractivity contribution in [1.29, 1.82) is 0 Å². The molecule has 27 heavy (non-hydrogen) atoms. The monoisotopic (exact) mass is 390 g/mol. The van der Waals surface area contributed by atoms with Gasteiger partial charge in [-0.05, 0) is 69.5 Å². The van der Waals surface area contributed by atoms with Crippen molar-refractivity contribution in [3.05, 3.63) is 22.4 Å². The van der Waals surface area contributed by atoms with Crippen molar-refractivity contribution in [2.45, 2.75) is 70.2 Å². The highest BCUT2D eigenvalue weighted by Crippen LogP contribution is 2.34. The van der Waals surface area contributed by atoms with Gasteiger partial charge < -0.3 is 15.4 Å². The molecule has 3 saturated heterocycles. The van der Waals surface area contributed by atoms with Crippen LogP contribution in [0.5, 0.6) is 0 Å². The van der Waals surface area contributed by atoms with E-state index in [9.17, 15) is 0 Å². The van der Waals surface area contributed by atoms with Crippen LogP contribution in [0.4, 0.5) is 0 Å².